The maximum absolute atomic E-state index is 12.6. The number of methoxy groups -OCH3 is 1. The number of amides is 1. The second-order valence-corrected chi connectivity index (χ2v) is 7.74. The first-order valence-electron chi connectivity index (χ1n) is 10.3. The number of hydrogen-bond acceptors (Lipinski definition) is 5. The SMILES string of the molecule is COc1cccc2cc(C(=O)NCC3CCN(Cc4ccccc4)CC3)c(=O)oc12. The quantitative estimate of drug-likeness (QED) is 0.635. The van der Waals surface area contributed by atoms with Gasteiger partial charge in [0.2, 0.25) is 0 Å². The van der Waals surface area contributed by atoms with E-state index in [4.69, 9.17) is 9.15 Å². The number of nitrogens with one attached hydrogen (secondary N) is 1. The van der Waals surface area contributed by atoms with Crippen LogP contribution in [0.15, 0.2) is 63.8 Å². The van der Waals surface area contributed by atoms with Gasteiger partial charge >= 0.3 is 5.63 Å². The van der Waals surface area contributed by atoms with Crippen LogP contribution >= 0.6 is 0 Å². The summed E-state index contributed by atoms with van der Waals surface area (Å²) in [4.78, 5) is 27.4. The number of carbonyl (C=O) groups is 1. The van der Waals surface area contributed by atoms with Crippen LogP contribution in [0.25, 0.3) is 11.0 Å². The molecular formula is C24H26N2O4. The van der Waals surface area contributed by atoms with E-state index in [0.717, 1.165) is 32.5 Å². The predicted octanol–water partition coefficient (Wildman–Crippen LogP) is 3.44. The monoisotopic (exact) mass is 406 g/mol. The number of nitrogens with zero attached hydrogens (tertiary/aromatic N) is 1. The molecule has 0 atom stereocenters. The Bertz CT molecular complexity index is 1070. The Morgan fingerprint density at radius 1 is 1.13 bits per heavy atom. The minimum atomic E-state index is -0.651. The Labute approximate surface area is 175 Å². The van der Waals surface area contributed by atoms with E-state index >= 15 is 0 Å². The lowest BCUT2D eigenvalue weighted by atomic mass is 9.96. The molecule has 3 aromatic rings. The molecule has 0 radical (unpaired) electrons. The Morgan fingerprint density at radius 3 is 2.63 bits per heavy atom. The minimum absolute atomic E-state index is 0.0252. The van der Waals surface area contributed by atoms with Gasteiger partial charge in [-0.2, -0.15) is 0 Å². The largest absolute Gasteiger partial charge is 0.493 e. The summed E-state index contributed by atoms with van der Waals surface area (Å²) in [5.74, 6) is 0.493. The number of hydrogen-bond donors (Lipinski definition) is 1. The average Bonchev–Trinajstić information content (AvgIpc) is 2.78. The molecule has 2 heterocycles. The zero-order valence-corrected chi connectivity index (χ0v) is 17.1. The Kier molecular flexibility index (Phi) is 6.14. The number of likely N-dealkylation sites (tertiary alicyclic amines) is 1. The number of ether oxygens (including phenoxy) is 1. The first-order valence-corrected chi connectivity index (χ1v) is 10.3. The maximum atomic E-state index is 12.6. The van der Waals surface area contributed by atoms with Gasteiger partial charge in [-0.3, -0.25) is 9.69 Å². The lowest BCUT2D eigenvalue weighted by molar-refractivity contribution is 0.0931. The first-order chi connectivity index (χ1) is 14.6. The number of rotatable bonds is 6. The summed E-state index contributed by atoms with van der Waals surface area (Å²) in [7, 11) is 1.51. The molecule has 156 valence electrons. The van der Waals surface area contributed by atoms with Crippen LogP contribution < -0.4 is 15.7 Å². The zero-order valence-electron chi connectivity index (χ0n) is 17.1. The molecular weight excluding hydrogens is 380 g/mol. The fraction of sp³-hybridized carbons (Fsp3) is 0.333. The van der Waals surface area contributed by atoms with E-state index in [0.29, 0.717) is 29.2 Å². The van der Waals surface area contributed by atoms with E-state index in [9.17, 15) is 9.59 Å². The summed E-state index contributed by atoms with van der Waals surface area (Å²) >= 11 is 0. The van der Waals surface area contributed by atoms with Crippen molar-refractivity contribution in [2.24, 2.45) is 5.92 Å². The van der Waals surface area contributed by atoms with Crippen LogP contribution in [-0.2, 0) is 6.54 Å². The van der Waals surface area contributed by atoms with E-state index in [1.807, 2.05) is 6.07 Å². The first kappa shape index (κ1) is 20.2. The zero-order chi connectivity index (χ0) is 20.9. The van der Waals surface area contributed by atoms with E-state index < -0.39 is 5.63 Å². The molecule has 4 rings (SSSR count). The molecule has 1 fully saturated rings. The number of para-hydroxylation sites is 1. The molecule has 2 aromatic carbocycles. The van der Waals surface area contributed by atoms with Crippen molar-refractivity contribution in [1.29, 1.82) is 0 Å². The van der Waals surface area contributed by atoms with E-state index in [1.165, 1.54) is 12.7 Å². The van der Waals surface area contributed by atoms with Crippen molar-refractivity contribution in [3.63, 3.8) is 0 Å². The third-order valence-electron chi connectivity index (χ3n) is 5.70. The van der Waals surface area contributed by atoms with Gasteiger partial charge in [-0.05, 0) is 49.5 Å². The second kappa shape index (κ2) is 9.13. The van der Waals surface area contributed by atoms with E-state index in [1.54, 1.807) is 24.3 Å². The average molecular weight is 406 g/mol. The molecule has 0 unspecified atom stereocenters. The lowest BCUT2D eigenvalue weighted by Gasteiger charge is -2.32. The summed E-state index contributed by atoms with van der Waals surface area (Å²) in [5, 5.41) is 3.58. The molecule has 30 heavy (non-hydrogen) atoms. The normalized spacial score (nSPS) is 15.2. The van der Waals surface area contributed by atoms with Gasteiger partial charge in [-0.15, -0.1) is 0 Å². The van der Waals surface area contributed by atoms with E-state index in [-0.39, 0.29) is 11.5 Å². The third-order valence-corrected chi connectivity index (χ3v) is 5.70. The summed E-state index contributed by atoms with van der Waals surface area (Å²) < 4.78 is 10.6. The standard InChI is InChI=1S/C24H26N2O4/c1-29-21-9-5-8-19-14-20(24(28)30-22(19)21)23(27)25-15-17-10-12-26(13-11-17)16-18-6-3-2-4-7-18/h2-9,14,17H,10-13,15-16H2,1H3,(H,25,27). The Morgan fingerprint density at radius 2 is 1.90 bits per heavy atom. The highest BCUT2D eigenvalue weighted by molar-refractivity contribution is 5.97. The molecule has 1 aromatic heterocycles. The summed E-state index contributed by atoms with van der Waals surface area (Å²) in [5.41, 5.74) is 1.05. The highest BCUT2D eigenvalue weighted by Gasteiger charge is 2.21. The van der Waals surface area contributed by atoms with Crippen LogP contribution in [0.1, 0.15) is 28.8 Å². The number of piperidine rings is 1. The lowest BCUT2D eigenvalue weighted by Crippen LogP contribution is -2.39. The topological polar surface area (TPSA) is 71.8 Å². The second-order valence-electron chi connectivity index (χ2n) is 7.74. The molecule has 0 spiro atoms. The molecule has 6 heteroatoms. The van der Waals surface area contributed by atoms with Crippen molar-refractivity contribution >= 4 is 16.9 Å². The molecule has 1 aliphatic rings. The fourth-order valence-electron chi connectivity index (χ4n) is 3.96. The molecule has 0 aliphatic carbocycles. The van der Waals surface area contributed by atoms with Crippen molar-refractivity contribution in [3.05, 3.63) is 76.1 Å². The van der Waals surface area contributed by atoms with Gasteiger partial charge in [0, 0.05) is 18.5 Å². The van der Waals surface area contributed by atoms with Gasteiger partial charge in [0.15, 0.2) is 11.3 Å². The Balaban J connectivity index is 1.33. The van der Waals surface area contributed by atoms with E-state index in [2.05, 4.69) is 34.5 Å². The van der Waals surface area contributed by atoms with Gasteiger partial charge in [-0.25, -0.2) is 4.79 Å². The number of carbonyl (C=O) groups excluding carboxylic acids is 1. The fourth-order valence-corrected chi connectivity index (χ4v) is 3.96. The molecule has 1 N–H and O–H groups in total. The summed E-state index contributed by atoms with van der Waals surface area (Å²) in [6.45, 7) is 3.54. The highest BCUT2D eigenvalue weighted by atomic mass is 16.5. The predicted molar refractivity (Wildman–Crippen MR) is 116 cm³/mol. The molecule has 1 saturated heterocycles. The van der Waals surface area contributed by atoms with Crippen LogP contribution in [0.2, 0.25) is 0 Å². The number of fused-ring (bicyclic) bond motifs is 1. The van der Waals surface area contributed by atoms with Crippen LogP contribution in [0.3, 0.4) is 0 Å². The van der Waals surface area contributed by atoms with Crippen molar-refractivity contribution in [3.8, 4) is 5.75 Å². The smallest absolute Gasteiger partial charge is 0.349 e. The van der Waals surface area contributed by atoms with Crippen molar-refractivity contribution < 1.29 is 13.9 Å². The molecule has 0 saturated carbocycles. The summed E-state index contributed by atoms with van der Waals surface area (Å²) in [6.07, 6.45) is 2.05. The van der Waals surface area contributed by atoms with Gasteiger partial charge in [0.05, 0.1) is 7.11 Å². The van der Waals surface area contributed by atoms with Crippen LogP contribution in [-0.4, -0.2) is 37.6 Å². The van der Waals surface area contributed by atoms with Crippen LogP contribution in [0.4, 0.5) is 0 Å². The number of benzene rings is 2. The molecule has 6 nitrogen and oxygen atoms in total. The molecule has 1 amide bonds. The Hall–Kier alpha value is -3.12. The van der Waals surface area contributed by atoms with Gasteiger partial charge < -0.3 is 14.5 Å². The molecule has 1 aliphatic heterocycles. The van der Waals surface area contributed by atoms with Crippen LogP contribution in [0, 0.1) is 5.92 Å². The van der Waals surface area contributed by atoms with Crippen molar-refractivity contribution in [2.75, 3.05) is 26.7 Å². The van der Waals surface area contributed by atoms with Crippen molar-refractivity contribution in [2.45, 2.75) is 19.4 Å². The van der Waals surface area contributed by atoms with Crippen molar-refractivity contribution in [1.82, 2.24) is 10.2 Å². The van der Waals surface area contributed by atoms with Gasteiger partial charge in [-0.1, -0.05) is 42.5 Å². The molecule has 0 bridgehead atoms. The van der Waals surface area contributed by atoms with Gasteiger partial charge in [0.1, 0.15) is 5.56 Å². The van der Waals surface area contributed by atoms with Gasteiger partial charge in [0.25, 0.3) is 5.91 Å². The maximum Gasteiger partial charge on any atom is 0.349 e. The van der Waals surface area contributed by atoms with Crippen LogP contribution in [0.5, 0.6) is 5.75 Å². The third kappa shape index (κ3) is 4.54. The highest BCUT2D eigenvalue weighted by Crippen LogP contribution is 2.24. The summed E-state index contributed by atoms with van der Waals surface area (Å²) in [6, 6.07) is 17.3. The minimum Gasteiger partial charge on any atom is -0.493 e.